The Morgan fingerprint density at radius 3 is 2.50 bits per heavy atom. The van der Waals surface area contributed by atoms with Gasteiger partial charge in [0.15, 0.2) is 5.78 Å². The van der Waals surface area contributed by atoms with E-state index in [1.54, 1.807) is 6.08 Å². The molecule has 96 valence electrons. The zero-order valence-corrected chi connectivity index (χ0v) is 11.1. The maximum absolute atomic E-state index is 11.0. The third kappa shape index (κ3) is 4.09. The van der Waals surface area contributed by atoms with Crippen molar-refractivity contribution in [2.45, 2.75) is 13.8 Å². The third-order valence-corrected chi connectivity index (χ3v) is 2.51. The monoisotopic (exact) mass is 245 g/mol. The van der Waals surface area contributed by atoms with Crippen LogP contribution >= 0.6 is 0 Å². The van der Waals surface area contributed by atoms with E-state index in [1.165, 1.54) is 6.92 Å². The second-order valence-corrected chi connectivity index (χ2v) is 3.93. The number of Topliss-reactive ketones (excluding diaryl/α,β-unsaturated/α-hetero) is 1. The Balaban J connectivity index is 2.69. The molecule has 3 nitrogen and oxygen atoms in total. The Morgan fingerprint density at radius 1 is 1.39 bits per heavy atom. The fourth-order valence-corrected chi connectivity index (χ4v) is 1.35. The van der Waals surface area contributed by atoms with Gasteiger partial charge in [-0.2, -0.15) is 0 Å². The first-order valence-corrected chi connectivity index (χ1v) is 5.88. The summed E-state index contributed by atoms with van der Waals surface area (Å²) in [5.41, 5.74) is 1.51. The molecule has 0 aliphatic rings. The van der Waals surface area contributed by atoms with Crippen LogP contribution in [0.5, 0.6) is 5.75 Å². The molecule has 0 aliphatic carbocycles. The van der Waals surface area contributed by atoms with Gasteiger partial charge in [-0.25, -0.2) is 0 Å². The third-order valence-electron chi connectivity index (χ3n) is 2.51. The Kier molecular flexibility index (Phi) is 5.18. The van der Waals surface area contributed by atoms with Crippen LogP contribution in [0.3, 0.4) is 0 Å². The quantitative estimate of drug-likeness (QED) is 0.569. The number of allylic oxidation sites excluding steroid dienone is 2. The Morgan fingerprint density at radius 2 is 2.00 bits per heavy atom. The van der Waals surface area contributed by atoms with Crippen molar-refractivity contribution in [3.8, 4) is 5.75 Å². The van der Waals surface area contributed by atoms with E-state index in [1.807, 2.05) is 49.3 Å². The van der Waals surface area contributed by atoms with E-state index in [9.17, 15) is 4.79 Å². The van der Waals surface area contributed by atoms with Crippen LogP contribution in [0.2, 0.25) is 0 Å². The fourth-order valence-electron chi connectivity index (χ4n) is 1.35. The van der Waals surface area contributed by atoms with E-state index >= 15 is 0 Å². The SMILES string of the molecule is C=C(/C=C\N(C)c1ccc(OCC)cc1)C(C)=O. The summed E-state index contributed by atoms with van der Waals surface area (Å²) in [6.07, 6.45) is 3.53. The van der Waals surface area contributed by atoms with Crippen molar-refractivity contribution < 1.29 is 9.53 Å². The highest BCUT2D eigenvalue weighted by Crippen LogP contribution is 2.18. The molecule has 0 atom stereocenters. The Hall–Kier alpha value is -2.03. The van der Waals surface area contributed by atoms with Gasteiger partial charge in [-0.1, -0.05) is 6.58 Å². The number of anilines is 1. The lowest BCUT2D eigenvalue weighted by Gasteiger charge is -2.14. The minimum atomic E-state index is -0.0219. The van der Waals surface area contributed by atoms with Gasteiger partial charge in [0.1, 0.15) is 5.75 Å². The number of benzene rings is 1. The zero-order valence-electron chi connectivity index (χ0n) is 11.1. The summed E-state index contributed by atoms with van der Waals surface area (Å²) in [5.74, 6) is 0.832. The summed E-state index contributed by atoms with van der Waals surface area (Å²) in [6, 6.07) is 7.77. The average Bonchev–Trinajstić information content (AvgIpc) is 2.36. The Labute approximate surface area is 108 Å². The predicted molar refractivity (Wildman–Crippen MR) is 75.0 cm³/mol. The summed E-state index contributed by atoms with van der Waals surface area (Å²) >= 11 is 0. The lowest BCUT2D eigenvalue weighted by atomic mass is 10.2. The second kappa shape index (κ2) is 6.64. The molecule has 0 aromatic heterocycles. The first-order valence-electron chi connectivity index (χ1n) is 5.88. The van der Waals surface area contributed by atoms with Crippen molar-refractivity contribution in [1.82, 2.24) is 0 Å². The first kappa shape index (κ1) is 14.0. The molecule has 0 N–H and O–H groups in total. The van der Waals surface area contributed by atoms with Crippen LogP contribution in [0.25, 0.3) is 0 Å². The normalized spacial score (nSPS) is 10.4. The molecule has 0 saturated carbocycles. The molecule has 18 heavy (non-hydrogen) atoms. The zero-order chi connectivity index (χ0) is 13.5. The Bertz CT molecular complexity index is 446. The van der Waals surface area contributed by atoms with Gasteiger partial charge < -0.3 is 9.64 Å². The minimum Gasteiger partial charge on any atom is -0.494 e. The van der Waals surface area contributed by atoms with Crippen molar-refractivity contribution >= 4 is 11.5 Å². The highest BCUT2D eigenvalue weighted by molar-refractivity contribution is 5.95. The van der Waals surface area contributed by atoms with Crippen molar-refractivity contribution in [3.05, 3.63) is 48.7 Å². The standard InChI is InChI=1S/C15H19NO2/c1-5-18-15-8-6-14(7-9-15)16(4)11-10-12(2)13(3)17/h6-11H,2,5H2,1,3-4H3/b11-10-. The lowest BCUT2D eigenvalue weighted by Crippen LogP contribution is -2.08. The van der Waals surface area contributed by atoms with Crippen molar-refractivity contribution in [1.29, 1.82) is 0 Å². The highest BCUT2D eigenvalue weighted by atomic mass is 16.5. The maximum Gasteiger partial charge on any atom is 0.159 e. The summed E-state index contributed by atoms with van der Waals surface area (Å²) in [6.45, 7) is 7.79. The van der Waals surface area contributed by atoms with E-state index in [0.717, 1.165) is 11.4 Å². The van der Waals surface area contributed by atoms with Crippen LogP contribution in [0, 0.1) is 0 Å². The van der Waals surface area contributed by atoms with Gasteiger partial charge >= 0.3 is 0 Å². The van der Waals surface area contributed by atoms with E-state index in [-0.39, 0.29) is 5.78 Å². The number of carbonyl (C=O) groups excluding carboxylic acids is 1. The summed E-state index contributed by atoms with van der Waals surface area (Å²) < 4.78 is 5.37. The number of hydrogen-bond acceptors (Lipinski definition) is 3. The van der Waals surface area contributed by atoms with Crippen LogP contribution in [0.4, 0.5) is 5.69 Å². The van der Waals surface area contributed by atoms with Crippen LogP contribution in [-0.2, 0) is 4.79 Å². The molecule has 0 bridgehead atoms. The number of ether oxygens (including phenoxy) is 1. The van der Waals surface area contributed by atoms with Gasteiger partial charge in [0, 0.05) is 24.5 Å². The fraction of sp³-hybridized carbons (Fsp3) is 0.267. The number of rotatable bonds is 6. The summed E-state index contributed by atoms with van der Waals surface area (Å²) in [5, 5.41) is 0. The van der Waals surface area contributed by atoms with Crippen LogP contribution in [0.15, 0.2) is 48.7 Å². The molecule has 0 heterocycles. The summed E-state index contributed by atoms with van der Waals surface area (Å²) in [7, 11) is 1.92. The lowest BCUT2D eigenvalue weighted by molar-refractivity contribution is -0.113. The molecular weight excluding hydrogens is 226 g/mol. The molecule has 1 aromatic carbocycles. The van der Waals surface area contributed by atoms with E-state index < -0.39 is 0 Å². The second-order valence-electron chi connectivity index (χ2n) is 3.93. The molecule has 3 heteroatoms. The molecule has 1 rings (SSSR count). The van der Waals surface area contributed by atoms with Gasteiger partial charge in [-0.15, -0.1) is 0 Å². The molecular formula is C15H19NO2. The van der Waals surface area contributed by atoms with Crippen LogP contribution in [-0.4, -0.2) is 19.4 Å². The average molecular weight is 245 g/mol. The van der Waals surface area contributed by atoms with E-state index in [2.05, 4.69) is 6.58 Å². The van der Waals surface area contributed by atoms with E-state index in [0.29, 0.717) is 12.2 Å². The number of carbonyl (C=O) groups is 1. The maximum atomic E-state index is 11.0. The van der Waals surface area contributed by atoms with Crippen LogP contribution in [0.1, 0.15) is 13.8 Å². The van der Waals surface area contributed by atoms with Gasteiger partial charge in [-0.05, 0) is 44.2 Å². The van der Waals surface area contributed by atoms with E-state index in [4.69, 9.17) is 4.74 Å². The van der Waals surface area contributed by atoms with Gasteiger partial charge in [-0.3, -0.25) is 4.79 Å². The molecule has 0 spiro atoms. The number of nitrogens with zero attached hydrogens (tertiary/aromatic N) is 1. The van der Waals surface area contributed by atoms with Crippen molar-refractivity contribution in [2.24, 2.45) is 0 Å². The number of hydrogen-bond donors (Lipinski definition) is 0. The van der Waals surface area contributed by atoms with Crippen LogP contribution < -0.4 is 9.64 Å². The first-order chi connectivity index (χ1) is 8.54. The molecule has 0 aliphatic heterocycles. The van der Waals surface area contributed by atoms with Crippen molar-refractivity contribution in [2.75, 3.05) is 18.6 Å². The molecule has 0 amide bonds. The van der Waals surface area contributed by atoms with Gasteiger partial charge in [0.05, 0.1) is 6.61 Å². The summed E-state index contributed by atoms with van der Waals surface area (Å²) in [4.78, 5) is 12.9. The molecule has 0 radical (unpaired) electrons. The highest BCUT2D eigenvalue weighted by Gasteiger charge is 1.99. The van der Waals surface area contributed by atoms with Crippen molar-refractivity contribution in [3.63, 3.8) is 0 Å². The molecule has 0 unspecified atom stereocenters. The molecule has 0 fully saturated rings. The molecule has 1 aromatic rings. The molecule has 0 saturated heterocycles. The van der Waals surface area contributed by atoms with Gasteiger partial charge in [0.2, 0.25) is 0 Å². The largest absolute Gasteiger partial charge is 0.494 e. The minimum absolute atomic E-state index is 0.0219. The van der Waals surface area contributed by atoms with Gasteiger partial charge in [0.25, 0.3) is 0 Å². The number of ketones is 1. The topological polar surface area (TPSA) is 29.5 Å². The predicted octanol–water partition coefficient (Wildman–Crippen LogP) is 3.18. The smallest absolute Gasteiger partial charge is 0.159 e.